The van der Waals surface area contributed by atoms with Gasteiger partial charge in [0, 0.05) is 44.7 Å². The highest BCUT2D eigenvalue weighted by molar-refractivity contribution is 6.03. The van der Waals surface area contributed by atoms with Crippen molar-refractivity contribution in [1.82, 2.24) is 10.3 Å². The molecule has 0 unspecified atom stereocenters. The molecule has 1 amide bonds. The molecule has 46 heavy (non-hydrogen) atoms. The fourth-order valence-electron chi connectivity index (χ4n) is 5.58. The fraction of sp³-hybridized carbons (Fsp3) is 0.424. The summed E-state index contributed by atoms with van der Waals surface area (Å²) in [5.74, 6) is -0.626. The maximum Gasteiger partial charge on any atom is 0.416 e. The van der Waals surface area contributed by atoms with Gasteiger partial charge in [-0.25, -0.2) is 9.37 Å². The van der Waals surface area contributed by atoms with E-state index in [1.807, 2.05) is 4.90 Å². The number of anilines is 2. The van der Waals surface area contributed by atoms with Crippen LogP contribution in [0.4, 0.5) is 42.2 Å². The number of amides is 1. The predicted molar refractivity (Wildman–Crippen MR) is 161 cm³/mol. The lowest BCUT2D eigenvalue weighted by atomic mass is 9.81. The molecule has 248 valence electrons. The zero-order chi connectivity index (χ0) is 34.2. The topological polar surface area (TPSA) is 65.5 Å². The molecule has 0 radical (unpaired) electrons. The third-order valence-corrected chi connectivity index (χ3v) is 8.28. The molecule has 1 aliphatic rings. The molecule has 1 saturated heterocycles. The number of carbonyl (C=O) groups is 2. The number of ketones is 1. The summed E-state index contributed by atoms with van der Waals surface area (Å²) in [4.78, 5) is 33.0. The van der Waals surface area contributed by atoms with Gasteiger partial charge in [-0.3, -0.25) is 9.59 Å². The molecule has 1 fully saturated rings. The van der Waals surface area contributed by atoms with Crippen molar-refractivity contribution >= 4 is 23.2 Å². The van der Waals surface area contributed by atoms with Crippen LogP contribution in [-0.2, 0) is 27.4 Å². The summed E-state index contributed by atoms with van der Waals surface area (Å²) in [6, 6.07) is 7.08. The zero-order valence-electron chi connectivity index (χ0n) is 26.0. The van der Waals surface area contributed by atoms with E-state index in [1.54, 1.807) is 13.0 Å². The van der Waals surface area contributed by atoms with Crippen LogP contribution in [0.25, 0.3) is 11.1 Å². The molecule has 3 aromatic rings. The van der Waals surface area contributed by atoms with E-state index in [-0.39, 0.29) is 23.6 Å². The Bertz CT molecular complexity index is 1590. The van der Waals surface area contributed by atoms with Crippen LogP contribution in [-0.4, -0.2) is 49.4 Å². The summed E-state index contributed by atoms with van der Waals surface area (Å²) >= 11 is 0. The lowest BCUT2D eigenvalue weighted by Gasteiger charge is -2.32. The number of hydrogen-bond acceptors (Lipinski definition) is 5. The van der Waals surface area contributed by atoms with E-state index < -0.39 is 46.2 Å². The number of alkyl halides is 6. The van der Waals surface area contributed by atoms with Gasteiger partial charge in [0.15, 0.2) is 0 Å². The second kappa shape index (κ2) is 13.0. The molecule has 13 heteroatoms. The van der Waals surface area contributed by atoms with E-state index in [4.69, 9.17) is 0 Å². The van der Waals surface area contributed by atoms with Crippen LogP contribution in [0.2, 0.25) is 0 Å². The number of halogens is 7. The zero-order valence-corrected chi connectivity index (χ0v) is 26.0. The SMILES string of the molecule is CC(=O)CCN[C@@H]1CCN(c2cc(-c3ccc(F)cc3C)c(N(C)C(=O)C(C)(C)c3cc(C(F)(F)F)cc(C(F)(F)F)c3)cn2)C1. The summed E-state index contributed by atoms with van der Waals surface area (Å²) in [5, 5.41) is 3.35. The summed E-state index contributed by atoms with van der Waals surface area (Å²) in [6.07, 6.45) is -7.54. The number of pyridine rings is 1. The molecule has 1 atom stereocenters. The van der Waals surface area contributed by atoms with Gasteiger partial charge in [0.2, 0.25) is 5.91 Å². The van der Waals surface area contributed by atoms with Gasteiger partial charge in [-0.05, 0) is 87.2 Å². The van der Waals surface area contributed by atoms with Crippen LogP contribution < -0.4 is 15.1 Å². The van der Waals surface area contributed by atoms with Crippen LogP contribution in [0, 0.1) is 12.7 Å². The highest BCUT2D eigenvalue weighted by Crippen LogP contribution is 2.41. The first kappa shape index (κ1) is 34.9. The Hall–Kier alpha value is -4.00. The first-order valence-corrected chi connectivity index (χ1v) is 14.6. The normalized spacial score (nSPS) is 15.7. The van der Waals surface area contributed by atoms with Gasteiger partial charge in [0.25, 0.3) is 0 Å². The van der Waals surface area contributed by atoms with Gasteiger partial charge in [0.1, 0.15) is 17.4 Å². The van der Waals surface area contributed by atoms with Gasteiger partial charge in [0.05, 0.1) is 28.4 Å². The lowest BCUT2D eigenvalue weighted by Crippen LogP contribution is -2.42. The smallest absolute Gasteiger partial charge is 0.355 e. The Balaban J connectivity index is 1.74. The number of nitrogens with one attached hydrogen (secondary N) is 1. The van der Waals surface area contributed by atoms with Crippen molar-refractivity contribution < 1.29 is 40.3 Å². The summed E-state index contributed by atoms with van der Waals surface area (Å²) in [7, 11) is 1.37. The molecule has 2 heterocycles. The van der Waals surface area contributed by atoms with Crippen molar-refractivity contribution in [2.45, 2.75) is 64.3 Å². The van der Waals surface area contributed by atoms with Crippen molar-refractivity contribution in [3.63, 3.8) is 0 Å². The molecule has 1 aromatic heterocycles. The Labute approximate surface area is 262 Å². The molecule has 1 aliphatic heterocycles. The second-order valence-corrected chi connectivity index (χ2v) is 12.1. The van der Waals surface area contributed by atoms with Crippen LogP contribution in [0.15, 0.2) is 48.7 Å². The van der Waals surface area contributed by atoms with Crippen molar-refractivity contribution in [3.8, 4) is 11.1 Å². The average molecular weight is 653 g/mol. The Morgan fingerprint density at radius 2 is 1.57 bits per heavy atom. The van der Waals surface area contributed by atoms with Crippen molar-refractivity contribution in [3.05, 3.63) is 76.7 Å². The molecule has 0 saturated carbocycles. The van der Waals surface area contributed by atoms with E-state index in [2.05, 4.69) is 10.3 Å². The third-order valence-electron chi connectivity index (χ3n) is 8.28. The van der Waals surface area contributed by atoms with Gasteiger partial charge >= 0.3 is 12.4 Å². The number of Topliss-reactive ketones (excluding diaryl/α,β-unsaturated/α-hetero) is 1. The number of aryl methyl sites for hydroxylation is 1. The number of aromatic nitrogens is 1. The summed E-state index contributed by atoms with van der Waals surface area (Å²) in [6.45, 7) is 7.50. The minimum absolute atomic E-state index is 0.0214. The second-order valence-electron chi connectivity index (χ2n) is 12.1. The first-order valence-electron chi connectivity index (χ1n) is 14.6. The largest absolute Gasteiger partial charge is 0.416 e. The van der Waals surface area contributed by atoms with Crippen molar-refractivity contribution in [1.29, 1.82) is 0 Å². The predicted octanol–water partition coefficient (Wildman–Crippen LogP) is 7.32. The Morgan fingerprint density at radius 3 is 2.13 bits per heavy atom. The van der Waals surface area contributed by atoms with E-state index >= 15 is 0 Å². The number of rotatable bonds is 9. The Kier molecular flexibility index (Phi) is 9.86. The highest BCUT2D eigenvalue weighted by Gasteiger charge is 2.41. The Morgan fingerprint density at radius 1 is 0.957 bits per heavy atom. The van der Waals surface area contributed by atoms with E-state index in [0.717, 1.165) is 11.3 Å². The molecule has 2 aromatic carbocycles. The lowest BCUT2D eigenvalue weighted by molar-refractivity contribution is -0.143. The number of carbonyl (C=O) groups excluding carboxylic acids is 2. The fourth-order valence-corrected chi connectivity index (χ4v) is 5.58. The maximum atomic E-state index is 14.1. The molecular weight excluding hydrogens is 617 g/mol. The van der Waals surface area contributed by atoms with Gasteiger partial charge in [-0.15, -0.1) is 0 Å². The minimum atomic E-state index is -5.08. The van der Waals surface area contributed by atoms with Crippen LogP contribution in [0.5, 0.6) is 0 Å². The van der Waals surface area contributed by atoms with Crippen LogP contribution >= 0.6 is 0 Å². The summed E-state index contributed by atoms with van der Waals surface area (Å²) in [5.41, 5.74) is -3.53. The maximum absolute atomic E-state index is 14.1. The number of nitrogens with zero attached hydrogens (tertiary/aromatic N) is 3. The highest BCUT2D eigenvalue weighted by atomic mass is 19.4. The minimum Gasteiger partial charge on any atom is -0.355 e. The average Bonchev–Trinajstić information content (AvgIpc) is 3.43. The first-order chi connectivity index (χ1) is 21.3. The van der Waals surface area contributed by atoms with Crippen LogP contribution in [0.3, 0.4) is 0 Å². The molecule has 4 rings (SSSR count). The van der Waals surface area contributed by atoms with E-state index in [1.165, 1.54) is 52.2 Å². The quantitative estimate of drug-likeness (QED) is 0.246. The molecule has 6 nitrogen and oxygen atoms in total. The van der Waals surface area contributed by atoms with Crippen LogP contribution in [0.1, 0.15) is 55.9 Å². The molecule has 0 bridgehead atoms. The molecule has 0 spiro atoms. The number of hydrogen-bond donors (Lipinski definition) is 1. The molecular formula is C33H35F7N4O2. The van der Waals surface area contributed by atoms with Crippen molar-refractivity contribution in [2.24, 2.45) is 0 Å². The monoisotopic (exact) mass is 652 g/mol. The third kappa shape index (κ3) is 7.68. The van der Waals surface area contributed by atoms with E-state index in [9.17, 15) is 40.3 Å². The van der Waals surface area contributed by atoms with E-state index in [0.29, 0.717) is 60.7 Å². The van der Waals surface area contributed by atoms with Gasteiger partial charge in [-0.1, -0.05) is 6.07 Å². The van der Waals surface area contributed by atoms with Gasteiger partial charge in [-0.2, -0.15) is 26.3 Å². The number of benzene rings is 2. The molecule has 0 aliphatic carbocycles. The molecule has 1 N–H and O–H groups in total. The summed E-state index contributed by atoms with van der Waals surface area (Å²) < 4.78 is 95.8. The number of likely N-dealkylation sites (N-methyl/N-ethyl adjacent to an activating group) is 1. The van der Waals surface area contributed by atoms with Gasteiger partial charge < -0.3 is 15.1 Å². The standard InChI is InChI=1S/C33H35F7N4O2/c1-19-12-24(34)6-7-26(19)27-16-29(44-11-9-25(18-44)41-10-8-20(2)45)42-17-28(27)43(5)30(46)31(3,4)21-13-22(32(35,36)37)15-23(14-21)33(38,39)40/h6-7,12-17,25,41H,8-11,18H2,1-5H3/t25-/m1/s1. The van der Waals surface area contributed by atoms with Crippen molar-refractivity contribution in [2.75, 3.05) is 36.5 Å².